The van der Waals surface area contributed by atoms with E-state index in [0.29, 0.717) is 0 Å². The summed E-state index contributed by atoms with van der Waals surface area (Å²) in [6, 6.07) is 8.28. The molecule has 1 aromatic carbocycles. The Morgan fingerprint density at radius 2 is 0.906 bits per heavy atom. The Bertz CT molecular complexity index is 1660. The van der Waals surface area contributed by atoms with Crippen LogP contribution in [-0.2, 0) is 0 Å². The predicted molar refractivity (Wildman–Crippen MR) is 132 cm³/mol. The summed E-state index contributed by atoms with van der Waals surface area (Å²) in [7, 11) is 0. The van der Waals surface area contributed by atoms with Gasteiger partial charge in [0.25, 0.3) is 0 Å². The summed E-state index contributed by atoms with van der Waals surface area (Å²) in [5, 5.41) is 2.52. The number of hydrogen-bond donors (Lipinski definition) is 6. The van der Waals surface area contributed by atoms with Crippen molar-refractivity contribution in [3.63, 3.8) is 0 Å². The number of hydrogen-bond acceptors (Lipinski definition) is 0. The van der Waals surface area contributed by atoms with E-state index < -0.39 is 0 Å². The van der Waals surface area contributed by atoms with Crippen LogP contribution in [0.15, 0.2) is 36.7 Å². The zero-order valence-electron chi connectivity index (χ0n) is 18.5. The molecule has 0 atom stereocenters. The number of rotatable bonds is 2. The van der Waals surface area contributed by atoms with E-state index in [9.17, 15) is 0 Å². The number of aromatic nitrogens is 6. The van der Waals surface area contributed by atoms with Gasteiger partial charge in [0, 0.05) is 34.3 Å². The molecule has 158 valence electrons. The maximum absolute atomic E-state index is 3.75. The molecule has 32 heavy (non-hydrogen) atoms. The van der Waals surface area contributed by atoms with Crippen molar-refractivity contribution < 1.29 is 0 Å². The van der Waals surface area contributed by atoms with Crippen LogP contribution in [0.2, 0.25) is 0 Å². The Labute approximate surface area is 183 Å². The van der Waals surface area contributed by atoms with E-state index in [1.54, 1.807) is 0 Å². The van der Waals surface area contributed by atoms with E-state index in [1.807, 2.05) is 24.5 Å². The zero-order valence-corrected chi connectivity index (χ0v) is 18.5. The molecule has 0 amide bonds. The van der Waals surface area contributed by atoms with Crippen LogP contribution >= 0.6 is 0 Å². The van der Waals surface area contributed by atoms with Crippen LogP contribution in [0.25, 0.3) is 66.6 Å². The van der Waals surface area contributed by atoms with Crippen molar-refractivity contribution in [1.82, 2.24) is 29.9 Å². The molecular formula is C26H24N6. The summed E-state index contributed by atoms with van der Waals surface area (Å²) in [5.41, 5.74) is 16.6. The number of fused-ring (bicyclic) bond motifs is 6. The van der Waals surface area contributed by atoms with Crippen LogP contribution in [0.4, 0.5) is 0 Å². The lowest BCUT2D eigenvalue weighted by atomic mass is 10.0. The van der Waals surface area contributed by atoms with Crippen LogP contribution < -0.4 is 0 Å². The summed E-state index contributed by atoms with van der Waals surface area (Å²) >= 11 is 0. The molecule has 0 aliphatic rings. The molecule has 0 aliphatic heterocycles. The summed E-state index contributed by atoms with van der Waals surface area (Å²) in [6.07, 6.45) is 3.93. The second kappa shape index (κ2) is 5.79. The third-order valence-electron chi connectivity index (χ3n) is 7.23. The number of benzene rings is 1. The van der Waals surface area contributed by atoms with Gasteiger partial charge in [-0.2, -0.15) is 0 Å². The molecule has 0 saturated heterocycles. The highest BCUT2D eigenvalue weighted by Crippen LogP contribution is 2.42. The minimum Gasteiger partial charge on any atom is -0.360 e. The second-order valence-corrected chi connectivity index (χ2v) is 8.92. The van der Waals surface area contributed by atoms with E-state index in [0.717, 1.165) is 22.8 Å². The van der Waals surface area contributed by atoms with Crippen molar-refractivity contribution in [2.75, 3.05) is 0 Å². The van der Waals surface area contributed by atoms with E-state index in [4.69, 9.17) is 0 Å². The summed E-state index contributed by atoms with van der Waals surface area (Å²) in [4.78, 5) is 21.6. The van der Waals surface area contributed by atoms with Crippen LogP contribution in [0.5, 0.6) is 0 Å². The van der Waals surface area contributed by atoms with Gasteiger partial charge in [-0.15, -0.1) is 0 Å². The molecule has 0 bridgehead atoms. The fourth-order valence-electron chi connectivity index (χ4n) is 5.57. The largest absolute Gasteiger partial charge is 0.360 e. The molecule has 0 aliphatic carbocycles. The predicted octanol–water partition coefficient (Wildman–Crippen LogP) is 6.84. The van der Waals surface area contributed by atoms with Crippen LogP contribution in [-0.4, -0.2) is 29.9 Å². The van der Waals surface area contributed by atoms with E-state index in [2.05, 4.69) is 69.7 Å². The molecule has 0 unspecified atom stereocenters. The normalized spacial score (nSPS) is 12.4. The van der Waals surface area contributed by atoms with Crippen LogP contribution in [0.3, 0.4) is 0 Å². The lowest BCUT2D eigenvalue weighted by molar-refractivity contribution is 1.32. The SMILES string of the molecule is Cc1c(-c2ccc[nH]2)[nH]c2c1[nH]c1c(C)c3c([nH]c4c(C)c(-c5ccc[nH]5)[nH]c43)c(C)c12. The fourth-order valence-corrected chi connectivity index (χ4v) is 5.57. The third kappa shape index (κ3) is 1.99. The fraction of sp³-hybridized carbons (Fsp3) is 0.154. The average molecular weight is 421 g/mol. The van der Waals surface area contributed by atoms with Crippen molar-refractivity contribution in [1.29, 1.82) is 0 Å². The molecule has 6 aromatic heterocycles. The molecule has 0 fully saturated rings. The molecule has 6 nitrogen and oxygen atoms in total. The molecule has 0 saturated carbocycles. The molecule has 6 heteroatoms. The molecule has 7 rings (SSSR count). The van der Waals surface area contributed by atoms with Gasteiger partial charge in [-0.3, -0.25) is 0 Å². The second-order valence-electron chi connectivity index (χ2n) is 8.92. The maximum atomic E-state index is 3.75. The molecular weight excluding hydrogens is 396 g/mol. The Kier molecular flexibility index (Phi) is 3.19. The number of nitrogens with one attached hydrogen (secondary N) is 6. The smallest absolute Gasteiger partial charge is 0.0725 e. The van der Waals surface area contributed by atoms with Crippen molar-refractivity contribution in [3.05, 3.63) is 58.9 Å². The first-order valence-corrected chi connectivity index (χ1v) is 11.0. The number of aryl methyl sites for hydroxylation is 4. The highest BCUT2D eigenvalue weighted by atomic mass is 14.9. The summed E-state index contributed by atoms with van der Waals surface area (Å²) in [5.74, 6) is 0. The summed E-state index contributed by atoms with van der Waals surface area (Å²) < 4.78 is 0. The molecule has 7 aromatic rings. The molecule has 0 radical (unpaired) electrons. The van der Waals surface area contributed by atoms with Crippen molar-refractivity contribution in [3.8, 4) is 22.8 Å². The van der Waals surface area contributed by atoms with Gasteiger partial charge in [0.1, 0.15) is 0 Å². The topological polar surface area (TPSA) is 94.7 Å². The lowest BCUT2D eigenvalue weighted by Gasteiger charge is -2.06. The molecule has 6 N–H and O–H groups in total. The van der Waals surface area contributed by atoms with Gasteiger partial charge in [0.2, 0.25) is 0 Å². The van der Waals surface area contributed by atoms with Gasteiger partial charge < -0.3 is 29.9 Å². The van der Waals surface area contributed by atoms with Gasteiger partial charge >= 0.3 is 0 Å². The summed E-state index contributed by atoms with van der Waals surface area (Å²) in [6.45, 7) is 8.79. The van der Waals surface area contributed by atoms with Crippen molar-refractivity contribution in [2.24, 2.45) is 0 Å². The number of H-pyrrole nitrogens is 6. The highest BCUT2D eigenvalue weighted by Gasteiger charge is 2.23. The van der Waals surface area contributed by atoms with Gasteiger partial charge in [-0.1, -0.05) is 0 Å². The molecule has 6 heterocycles. The van der Waals surface area contributed by atoms with Crippen molar-refractivity contribution >= 4 is 43.9 Å². The Hall–Kier alpha value is -4.06. The minimum absolute atomic E-state index is 1.11. The Morgan fingerprint density at radius 1 is 0.469 bits per heavy atom. The van der Waals surface area contributed by atoms with Crippen LogP contribution in [0.1, 0.15) is 22.3 Å². The van der Waals surface area contributed by atoms with Crippen LogP contribution in [0, 0.1) is 27.7 Å². The quantitative estimate of drug-likeness (QED) is 0.177. The Balaban J connectivity index is 1.58. The van der Waals surface area contributed by atoms with Gasteiger partial charge in [-0.05, 0) is 63.1 Å². The maximum Gasteiger partial charge on any atom is 0.0725 e. The van der Waals surface area contributed by atoms with Gasteiger partial charge in [0.15, 0.2) is 0 Å². The number of aromatic amines is 6. The van der Waals surface area contributed by atoms with E-state index in [1.165, 1.54) is 66.1 Å². The first kappa shape index (κ1) is 17.6. The first-order valence-electron chi connectivity index (χ1n) is 11.0. The van der Waals surface area contributed by atoms with E-state index in [-0.39, 0.29) is 0 Å². The van der Waals surface area contributed by atoms with E-state index >= 15 is 0 Å². The van der Waals surface area contributed by atoms with Gasteiger partial charge in [0.05, 0.1) is 55.9 Å². The average Bonchev–Trinajstić information content (AvgIpc) is 3.58. The monoisotopic (exact) mass is 420 g/mol. The standard InChI is InChI=1S/C26H24N6/c1-11-17-22(32-23-13(3)19(29-25(17)23)15-7-5-9-27-15)12(2)18-21(11)31-24-14(4)20(30-26(18)24)16-8-6-10-28-16/h5-10,27-32H,1-4H3. The molecule has 0 spiro atoms. The first-order chi connectivity index (χ1) is 15.5. The minimum atomic E-state index is 1.11. The van der Waals surface area contributed by atoms with Gasteiger partial charge in [-0.25, -0.2) is 0 Å². The third-order valence-corrected chi connectivity index (χ3v) is 7.23. The zero-order chi connectivity index (χ0) is 21.7. The highest BCUT2D eigenvalue weighted by molar-refractivity contribution is 6.21. The Morgan fingerprint density at radius 3 is 1.28 bits per heavy atom. The lowest BCUT2D eigenvalue weighted by Crippen LogP contribution is -1.88. The van der Waals surface area contributed by atoms with Crippen molar-refractivity contribution in [2.45, 2.75) is 27.7 Å².